The fourth-order valence-electron chi connectivity index (χ4n) is 2.05. The largest absolute Gasteiger partial charge is 0.403 e. The standard InChI is InChI=1S/C16H15N3O4S2/c1-11-2-4-13(5-3-11)25(21,22)9-7-14(20)17-16-19-18-15(23-16)12-6-8-24-10-12/h2-6,8,10H,7,9H2,1H3,(H,17,19,20). The Kier molecular flexibility index (Phi) is 4.95. The summed E-state index contributed by atoms with van der Waals surface area (Å²) < 4.78 is 29.8. The summed E-state index contributed by atoms with van der Waals surface area (Å²) in [6.45, 7) is 1.87. The third-order valence-corrected chi connectivity index (χ3v) is 5.83. The van der Waals surface area contributed by atoms with Gasteiger partial charge < -0.3 is 4.42 Å². The van der Waals surface area contributed by atoms with E-state index < -0.39 is 15.7 Å². The number of hydrogen-bond acceptors (Lipinski definition) is 7. The van der Waals surface area contributed by atoms with Crippen LogP contribution in [0.25, 0.3) is 11.5 Å². The van der Waals surface area contributed by atoms with Crippen LogP contribution in [-0.2, 0) is 14.6 Å². The molecule has 130 valence electrons. The summed E-state index contributed by atoms with van der Waals surface area (Å²) in [5.74, 6) is -0.506. The van der Waals surface area contributed by atoms with Crippen LogP contribution in [0.3, 0.4) is 0 Å². The highest BCUT2D eigenvalue weighted by Gasteiger charge is 2.18. The Morgan fingerprint density at radius 2 is 1.96 bits per heavy atom. The van der Waals surface area contributed by atoms with Gasteiger partial charge in [0.05, 0.1) is 10.6 Å². The predicted molar refractivity (Wildman–Crippen MR) is 94.1 cm³/mol. The molecule has 0 radical (unpaired) electrons. The van der Waals surface area contributed by atoms with E-state index in [9.17, 15) is 13.2 Å². The Morgan fingerprint density at radius 3 is 2.64 bits per heavy atom. The van der Waals surface area contributed by atoms with E-state index in [1.54, 1.807) is 12.1 Å². The molecule has 1 aromatic carbocycles. The highest BCUT2D eigenvalue weighted by molar-refractivity contribution is 7.91. The Labute approximate surface area is 148 Å². The van der Waals surface area contributed by atoms with Crippen molar-refractivity contribution in [1.29, 1.82) is 0 Å². The smallest absolute Gasteiger partial charge is 0.322 e. The lowest BCUT2D eigenvalue weighted by atomic mass is 10.2. The van der Waals surface area contributed by atoms with Gasteiger partial charge in [0.15, 0.2) is 9.84 Å². The maximum Gasteiger partial charge on any atom is 0.322 e. The molecular weight excluding hydrogens is 362 g/mol. The number of carbonyl (C=O) groups is 1. The zero-order valence-electron chi connectivity index (χ0n) is 13.3. The molecule has 2 heterocycles. The van der Waals surface area contributed by atoms with Crippen LogP contribution in [0.1, 0.15) is 12.0 Å². The molecule has 0 aliphatic heterocycles. The number of thiophene rings is 1. The fraction of sp³-hybridized carbons (Fsp3) is 0.188. The number of aryl methyl sites for hydroxylation is 1. The molecule has 0 spiro atoms. The Hall–Kier alpha value is -2.52. The van der Waals surface area contributed by atoms with Gasteiger partial charge in [-0.15, -0.1) is 5.10 Å². The number of benzene rings is 1. The second-order valence-corrected chi connectivity index (χ2v) is 8.24. The zero-order chi connectivity index (χ0) is 17.9. The van der Waals surface area contributed by atoms with Gasteiger partial charge in [0.2, 0.25) is 5.91 Å². The maximum atomic E-state index is 12.2. The summed E-state index contributed by atoms with van der Waals surface area (Å²) in [5, 5.41) is 13.7. The van der Waals surface area contributed by atoms with Gasteiger partial charge >= 0.3 is 6.01 Å². The Morgan fingerprint density at radius 1 is 1.20 bits per heavy atom. The average Bonchev–Trinajstić information content (AvgIpc) is 3.25. The summed E-state index contributed by atoms with van der Waals surface area (Å²) in [6.07, 6.45) is -0.202. The first-order chi connectivity index (χ1) is 11.9. The van der Waals surface area contributed by atoms with Crippen LogP contribution >= 0.6 is 11.3 Å². The Bertz CT molecular complexity index is 961. The van der Waals surface area contributed by atoms with Crippen LogP contribution in [0.2, 0.25) is 0 Å². The normalized spacial score (nSPS) is 11.4. The first kappa shape index (κ1) is 17.3. The molecule has 0 saturated heterocycles. The van der Waals surface area contributed by atoms with Gasteiger partial charge in [0.1, 0.15) is 0 Å². The summed E-state index contributed by atoms with van der Waals surface area (Å²) in [4.78, 5) is 12.1. The monoisotopic (exact) mass is 377 g/mol. The molecule has 3 rings (SSSR count). The van der Waals surface area contributed by atoms with Crippen LogP contribution in [0.4, 0.5) is 6.01 Å². The van der Waals surface area contributed by atoms with Gasteiger partial charge in [-0.05, 0) is 30.5 Å². The summed E-state index contributed by atoms with van der Waals surface area (Å²) in [7, 11) is -3.52. The molecule has 1 N–H and O–H groups in total. The van der Waals surface area contributed by atoms with E-state index in [2.05, 4.69) is 15.5 Å². The van der Waals surface area contributed by atoms with Crippen LogP contribution in [0.15, 0.2) is 50.4 Å². The van der Waals surface area contributed by atoms with Crippen molar-refractivity contribution in [2.45, 2.75) is 18.2 Å². The lowest BCUT2D eigenvalue weighted by Crippen LogP contribution is -2.17. The van der Waals surface area contributed by atoms with E-state index in [1.165, 1.54) is 23.5 Å². The number of aromatic nitrogens is 2. The average molecular weight is 377 g/mol. The summed E-state index contributed by atoms with van der Waals surface area (Å²) >= 11 is 1.49. The molecule has 1 amide bonds. The third-order valence-electron chi connectivity index (χ3n) is 3.42. The molecule has 0 atom stereocenters. The first-order valence-corrected chi connectivity index (χ1v) is 9.99. The molecule has 0 aliphatic carbocycles. The zero-order valence-corrected chi connectivity index (χ0v) is 14.9. The predicted octanol–water partition coefficient (Wildman–Crippen LogP) is 2.91. The van der Waals surface area contributed by atoms with Crippen LogP contribution in [0, 0.1) is 6.92 Å². The third kappa shape index (κ3) is 4.31. The van der Waals surface area contributed by atoms with Gasteiger partial charge in [-0.25, -0.2) is 8.42 Å². The highest BCUT2D eigenvalue weighted by atomic mass is 32.2. The number of carbonyl (C=O) groups excluding carboxylic acids is 1. The van der Waals surface area contributed by atoms with Crippen molar-refractivity contribution in [2.24, 2.45) is 0 Å². The van der Waals surface area contributed by atoms with Crippen molar-refractivity contribution >= 4 is 33.1 Å². The number of amides is 1. The topological polar surface area (TPSA) is 102 Å². The second-order valence-electron chi connectivity index (χ2n) is 5.35. The van der Waals surface area contributed by atoms with Crippen molar-refractivity contribution in [3.8, 4) is 11.5 Å². The number of sulfone groups is 1. The molecule has 9 heteroatoms. The molecule has 0 fully saturated rings. The van der Waals surface area contributed by atoms with Gasteiger partial charge in [-0.1, -0.05) is 22.8 Å². The fourth-order valence-corrected chi connectivity index (χ4v) is 3.92. The van der Waals surface area contributed by atoms with Crippen molar-refractivity contribution in [3.63, 3.8) is 0 Å². The van der Waals surface area contributed by atoms with Crippen LogP contribution in [-0.4, -0.2) is 30.3 Å². The van der Waals surface area contributed by atoms with E-state index >= 15 is 0 Å². The lowest BCUT2D eigenvalue weighted by Gasteiger charge is -2.04. The van der Waals surface area contributed by atoms with Crippen molar-refractivity contribution < 1.29 is 17.6 Å². The number of hydrogen-bond donors (Lipinski definition) is 1. The SMILES string of the molecule is Cc1ccc(S(=O)(=O)CCC(=O)Nc2nnc(-c3ccsc3)o2)cc1. The molecule has 0 bridgehead atoms. The molecule has 3 aromatic rings. The highest BCUT2D eigenvalue weighted by Crippen LogP contribution is 2.22. The molecule has 0 unspecified atom stereocenters. The van der Waals surface area contributed by atoms with E-state index in [4.69, 9.17) is 4.42 Å². The summed E-state index contributed by atoms with van der Waals surface area (Å²) in [6, 6.07) is 8.27. The van der Waals surface area contributed by atoms with E-state index in [1.807, 2.05) is 23.8 Å². The molecule has 7 nitrogen and oxygen atoms in total. The van der Waals surface area contributed by atoms with Gasteiger partial charge in [-0.2, -0.15) is 11.3 Å². The molecule has 0 aliphatic rings. The van der Waals surface area contributed by atoms with Gasteiger partial charge in [0, 0.05) is 17.4 Å². The first-order valence-electron chi connectivity index (χ1n) is 7.39. The minimum Gasteiger partial charge on any atom is -0.403 e. The van der Waals surface area contributed by atoms with Gasteiger partial charge in [0.25, 0.3) is 5.89 Å². The van der Waals surface area contributed by atoms with Crippen LogP contribution in [0.5, 0.6) is 0 Å². The quantitative estimate of drug-likeness (QED) is 0.709. The molecule has 2 aromatic heterocycles. The molecule has 25 heavy (non-hydrogen) atoms. The van der Waals surface area contributed by atoms with Crippen molar-refractivity contribution in [1.82, 2.24) is 10.2 Å². The number of anilines is 1. The summed E-state index contributed by atoms with van der Waals surface area (Å²) in [5.41, 5.74) is 1.73. The Balaban J connectivity index is 1.58. The number of nitrogens with zero attached hydrogens (tertiary/aromatic N) is 2. The lowest BCUT2D eigenvalue weighted by molar-refractivity contribution is -0.115. The minimum atomic E-state index is -3.52. The van der Waals surface area contributed by atoms with E-state index in [-0.39, 0.29) is 23.1 Å². The van der Waals surface area contributed by atoms with Crippen LogP contribution < -0.4 is 5.32 Å². The van der Waals surface area contributed by atoms with E-state index in [0.29, 0.717) is 5.89 Å². The van der Waals surface area contributed by atoms with Crippen molar-refractivity contribution in [2.75, 3.05) is 11.1 Å². The minimum absolute atomic E-state index is 0.0565. The molecule has 0 saturated carbocycles. The van der Waals surface area contributed by atoms with E-state index in [0.717, 1.165) is 11.1 Å². The molecular formula is C16H15N3O4S2. The maximum absolute atomic E-state index is 12.2. The number of nitrogens with one attached hydrogen (secondary N) is 1. The number of rotatable bonds is 6. The van der Waals surface area contributed by atoms with Crippen molar-refractivity contribution in [3.05, 3.63) is 46.7 Å². The van der Waals surface area contributed by atoms with Gasteiger partial charge in [-0.3, -0.25) is 10.1 Å². The second kappa shape index (κ2) is 7.16.